The molecule has 0 spiro atoms. The standard InChI is InChI=1S/C10H12BNO4.C2H6/c12-5-10-6-3-8-9(15-2-1-14-8)4-7(6)11(13)16-10;1-2/h3-4,10,13H,1-2,5,12H2;1-2H3. The Balaban J connectivity index is 0.000000574. The Labute approximate surface area is 107 Å². The minimum Gasteiger partial charge on any atom is -0.486 e. The summed E-state index contributed by atoms with van der Waals surface area (Å²) in [6.45, 7) is 5.41. The number of benzene rings is 1. The smallest absolute Gasteiger partial charge is 0.486 e. The number of hydrogen-bond donors (Lipinski definition) is 2. The van der Waals surface area contributed by atoms with Crippen LogP contribution in [-0.4, -0.2) is 31.9 Å². The van der Waals surface area contributed by atoms with Crippen LogP contribution in [0.2, 0.25) is 0 Å². The van der Waals surface area contributed by atoms with Crippen molar-refractivity contribution in [2.24, 2.45) is 5.73 Å². The van der Waals surface area contributed by atoms with Crippen molar-refractivity contribution in [3.8, 4) is 11.5 Å². The van der Waals surface area contributed by atoms with Crippen LogP contribution in [0.15, 0.2) is 12.1 Å². The van der Waals surface area contributed by atoms with Crippen LogP contribution in [0.4, 0.5) is 0 Å². The third-order valence-corrected chi connectivity index (χ3v) is 2.87. The number of nitrogens with two attached hydrogens (primary N) is 1. The van der Waals surface area contributed by atoms with Crippen LogP contribution in [-0.2, 0) is 4.65 Å². The van der Waals surface area contributed by atoms with Crippen molar-refractivity contribution in [3.63, 3.8) is 0 Å². The average molecular weight is 251 g/mol. The third-order valence-electron chi connectivity index (χ3n) is 2.87. The lowest BCUT2D eigenvalue weighted by molar-refractivity contribution is 0.170. The molecule has 5 nitrogen and oxygen atoms in total. The zero-order valence-corrected chi connectivity index (χ0v) is 10.7. The van der Waals surface area contributed by atoms with Gasteiger partial charge in [0, 0.05) is 6.54 Å². The van der Waals surface area contributed by atoms with E-state index in [1.807, 2.05) is 19.9 Å². The first kappa shape index (κ1) is 13.2. The lowest BCUT2D eigenvalue weighted by atomic mass is 9.79. The van der Waals surface area contributed by atoms with E-state index in [1.165, 1.54) is 0 Å². The van der Waals surface area contributed by atoms with Gasteiger partial charge in [-0.05, 0) is 23.2 Å². The maximum absolute atomic E-state index is 9.71. The summed E-state index contributed by atoms with van der Waals surface area (Å²) in [5.74, 6) is 1.35. The largest absolute Gasteiger partial charge is 0.492 e. The van der Waals surface area contributed by atoms with Gasteiger partial charge in [0.15, 0.2) is 11.5 Å². The minimum atomic E-state index is -0.917. The molecule has 0 fully saturated rings. The number of hydrogen-bond acceptors (Lipinski definition) is 5. The molecule has 1 atom stereocenters. The summed E-state index contributed by atoms with van der Waals surface area (Å²) in [4.78, 5) is 0. The van der Waals surface area contributed by atoms with Gasteiger partial charge in [-0.15, -0.1) is 0 Å². The highest BCUT2D eigenvalue weighted by molar-refractivity contribution is 6.61. The fraction of sp³-hybridized carbons (Fsp3) is 0.500. The van der Waals surface area contributed by atoms with Crippen molar-refractivity contribution in [3.05, 3.63) is 17.7 Å². The summed E-state index contributed by atoms with van der Waals surface area (Å²) in [5, 5.41) is 9.71. The molecule has 0 aromatic heterocycles. The highest BCUT2D eigenvalue weighted by Crippen LogP contribution is 2.34. The predicted molar refractivity (Wildman–Crippen MR) is 69.3 cm³/mol. The van der Waals surface area contributed by atoms with E-state index in [9.17, 15) is 5.02 Å². The van der Waals surface area contributed by atoms with Gasteiger partial charge in [0.1, 0.15) is 13.2 Å². The predicted octanol–water partition coefficient (Wildman–Crippen LogP) is 0.201. The van der Waals surface area contributed by atoms with E-state index < -0.39 is 7.12 Å². The molecule has 0 amide bonds. The Morgan fingerprint density at radius 2 is 1.89 bits per heavy atom. The van der Waals surface area contributed by atoms with E-state index in [-0.39, 0.29) is 6.10 Å². The topological polar surface area (TPSA) is 73.9 Å². The molecule has 6 heteroatoms. The molecule has 0 saturated heterocycles. The van der Waals surface area contributed by atoms with Crippen molar-refractivity contribution >= 4 is 12.6 Å². The molecule has 1 aromatic rings. The number of rotatable bonds is 1. The molecule has 0 saturated carbocycles. The third kappa shape index (κ3) is 2.19. The van der Waals surface area contributed by atoms with Gasteiger partial charge < -0.3 is 24.9 Å². The van der Waals surface area contributed by atoms with Gasteiger partial charge in [-0.2, -0.15) is 0 Å². The Hall–Kier alpha value is -1.24. The molecule has 1 aromatic carbocycles. The van der Waals surface area contributed by atoms with Gasteiger partial charge in [-0.1, -0.05) is 13.8 Å². The molecule has 18 heavy (non-hydrogen) atoms. The second kappa shape index (κ2) is 5.60. The van der Waals surface area contributed by atoms with E-state index >= 15 is 0 Å². The Morgan fingerprint density at radius 3 is 2.50 bits per heavy atom. The Bertz CT molecular complexity index is 427. The average Bonchev–Trinajstić information content (AvgIpc) is 2.75. The number of fused-ring (bicyclic) bond motifs is 2. The van der Waals surface area contributed by atoms with E-state index in [0.29, 0.717) is 31.3 Å². The maximum Gasteiger partial charge on any atom is 0.492 e. The molecule has 0 radical (unpaired) electrons. The fourth-order valence-electron chi connectivity index (χ4n) is 2.10. The van der Waals surface area contributed by atoms with Crippen LogP contribution in [0, 0.1) is 0 Å². The zero-order valence-electron chi connectivity index (χ0n) is 10.7. The van der Waals surface area contributed by atoms with Crippen molar-refractivity contribution in [2.45, 2.75) is 20.0 Å². The van der Waals surface area contributed by atoms with E-state index in [0.717, 1.165) is 11.0 Å². The first-order chi connectivity index (χ1) is 8.79. The normalized spacial score (nSPS) is 20.0. The SMILES string of the molecule is CC.NCC1OB(O)c2cc3c(cc21)OCCO3. The Morgan fingerprint density at radius 1 is 1.28 bits per heavy atom. The first-order valence-corrected chi connectivity index (χ1v) is 6.26. The zero-order chi connectivity index (χ0) is 13.1. The molecule has 2 aliphatic heterocycles. The molecular weight excluding hydrogens is 233 g/mol. The molecule has 2 heterocycles. The summed E-state index contributed by atoms with van der Waals surface area (Å²) in [6.07, 6.45) is -0.263. The number of ether oxygens (including phenoxy) is 2. The minimum absolute atomic E-state index is 0.263. The van der Waals surface area contributed by atoms with Crippen molar-refractivity contribution < 1.29 is 19.2 Å². The molecule has 3 rings (SSSR count). The summed E-state index contributed by atoms with van der Waals surface area (Å²) in [6, 6.07) is 3.61. The van der Waals surface area contributed by atoms with Crippen molar-refractivity contribution in [1.29, 1.82) is 0 Å². The van der Waals surface area contributed by atoms with Gasteiger partial charge in [0.2, 0.25) is 0 Å². The Kier molecular flexibility index (Phi) is 4.11. The van der Waals surface area contributed by atoms with Crippen LogP contribution in [0.25, 0.3) is 0 Å². The van der Waals surface area contributed by atoms with Gasteiger partial charge in [-0.3, -0.25) is 0 Å². The van der Waals surface area contributed by atoms with Crippen LogP contribution in [0.5, 0.6) is 11.5 Å². The van der Waals surface area contributed by atoms with Crippen molar-refractivity contribution in [1.82, 2.24) is 0 Å². The molecule has 1 unspecified atom stereocenters. The molecule has 0 aliphatic carbocycles. The fourth-order valence-corrected chi connectivity index (χ4v) is 2.10. The highest BCUT2D eigenvalue weighted by Gasteiger charge is 2.36. The van der Waals surface area contributed by atoms with Crippen molar-refractivity contribution in [2.75, 3.05) is 19.8 Å². The molecule has 0 bridgehead atoms. The molecule has 3 N–H and O–H groups in total. The lowest BCUT2D eigenvalue weighted by Crippen LogP contribution is -2.29. The van der Waals surface area contributed by atoms with Crippen LogP contribution in [0.3, 0.4) is 0 Å². The lowest BCUT2D eigenvalue weighted by Gasteiger charge is -2.20. The second-order valence-electron chi connectivity index (χ2n) is 3.84. The van der Waals surface area contributed by atoms with Crippen LogP contribution >= 0.6 is 0 Å². The van der Waals surface area contributed by atoms with Gasteiger partial charge in [0.25, 0.3) is 0 Å². The molecule has 2 aliphatic rings. The summed E-state index contributed by atoms with van der Waals surface area (Å²) >= 11 is 0. The highest BCUT2D eigenvalue weighted by atomic mass is 16.6. The van der Waals surface area contributed by atoms with Gasteiger partial charge in [-0.25, -0.2) is 0 Å². The summed E-state index contributed by atoms with van der Waals surface area (Å²) < 4.78 is 16.2. The molecule has 98 valence electrons. The maximum atomic E-state index is 9.71. The van der Waals surface area contributed by atoms with Gasteiger partial charge >= 0.3 is 7.12 Å². The first-order valence-electron chi connectivity index (χ1n) is 6.26. The second-order valence-corrected chi connectivity index (χ2v) is 3.84. The van der Waals surface area contributed by atoms with E-state index in [2.05, 4.69) is 0 Å². The van der Waals surface area contributed by atoms with Crippen LogP contribution < -0.4 is 20.7 Å². The van der Waals surface area contributed by atoms with E-state index in [4.69, 9.17) is 19.9 Å². The molecular formula is C12H18BNO4. The van der Waals surface area contributed by atoms with Crippen LogP contribution in [0.1, 0.15) is 25.5 Å². The monoisotopic (exact) mass is 251 g/mol. The van der Waals surface area contributed by atoms with Gasteiger partial charge in [0.05, 0.1) is 6.10 Å². The summed E-state index contributed by atoms with van der Waals surface area (Å²) in [5.41, 5.74) is 7.19. The van der Waals surface area contributed by atoms with E-state index in [1.54, 1.807) is 6.07 Å². The quantitative estimate of drug-likeness (QED) is 0.697. The summed E-state index contributed by atoms with van der Waals surface area (Å²) in [7, 11) is -0.917.